The molecule has 0 spiro atoms. The first-order valence-electron chi connectivity index (χ1n) is 6.80. The van der Waals surface area contributed by atoms with Crippen molar-refractivity contribution in [2.24, 2.45) is 5.92 Å². The van der Waals surface area contributed by atoms with Crippen molar-refractivity contribution in [3.8, 4) is 0 Å². The molecule has 1 rings (SSSR count). The molecule has 0 radical (unpaired) electrons. The highest BCUT2D eigenvalue weighted by Gasteiger charge is 2.21. The van der Waals surface area contributed by atoms with Gasteiger partial charge in [0.15, 0.2) is 0 Å². The lowest BCUT2D eigenvalue weighted by Crippen LogP contribution is -2.36. The number of methoxy groups -OCH3 is 1. The molecule has 2 atom stereocenters. The second-order valence-corrected chi connectivity index (χ2v) is 4.58. The molecule has 0 aromatic heterocycles. The molecule has 1 aliphatic rings. The van der Waals surface area contributed by atoms with Crippen molar-refractivity contribution in [3.05, 3.63) is 0 Å². The zero-order valence-electron chi connectivity index (χ0n) is 11.7. The van der Waals surface area contributed by atoms with Crippen LogP contribution in [0.25, 0.3) is 0 Å². The summed E-state index contributed by atoms with van der Waals surface area (Å²) in [7, 11) is 1.67. The van der Waals surface area contributed by atoms with Gasteiger partial charge in [0.25, 0.3) is 0 Å². The van der Waals surface area contributed by atoms with Crippen molar-refractivity contribution >= 4 is 0 Å². The van der Waals surface area contributed by atoms with Gasteiger partial charge in [-0.05, 0) is 19.3 Å². The highest BCUT2D eigenvalue weighted by Crippen LogP contribution is 2.15. The molecule has 0 saturated carbocycles. The molecule has 0 aromatic carbocycles. The van der Waals surface area contributed by atoms with E-state index in [1.807, 2.05) is 0 Å². The minimum absolute atomic E-state index is 0.508. The summed E-state index contributed by atoms with van der Waals surface area (Å²) in [6, 6.07) is 0.508. The van der Waals surface area contributed by atoms with Crippen LogP contribution in [0.4, 0.5) is 0 Å². The fraction of sp³-hybridized carbons (Fsp3) is 1.00. The molecular weight excluding hydrogens is 234 g/mol. The molecule has 5 heteroatoms. The Morgan fingerprint density at radius 1 is 1.17 bits per heavy atom. The fourth-order valence-corrected chi connectivity index (χ4v) is 1.94. The number of ether oxygens (including phenoxy) is 4. The summed E-state index contributed by atoms with van der Waals surface area (Å²) >= 11 is 0. The normalized spacial score (nSPS) is 21.3. The van der Waals surface area contributed by atoms with Crippen LogP contribution < -0.4 is 5.32 Å². The van der Waals surface area contributed by atoms with Crippen molar-refractivity contribution in [1.29, 1.82) is 0 Å². The van der Waals surface area contributed by atoms with E-state index in [-0.39, 0.29) is 0 Å². The fourth-order valence-electron chi connectivity index (χ4n) is 1.94. The number of hydrogen-bond acceptors (Lipinski definition) is 5. The van der Waals surface area contributed by atoms with E-state index in [1.165, 1.54) is 6.42 Å². The lowest BCUT2D eigenvalue weighted by Gasteiger charge is -2.19. The molecule has 5 nitrogen and oxygen atoms in total. The Morgan fingerprint density at radius 3 is 2.56 bits per heavy atom. The first kappa shape index (κ1) is 15.9. The highest BCUT2D eigenvalue weighted by atomic mass is 16.5. The van der Waals surface area contributed by atoms with E-state index >= 15 is 0 Å². The maximum atomic E-state index is 5.47. The molecule has 1 fully saturated rings. The van der Waals surface area contributed by atoms with E-state index < -0.39 is 0 Å². The van der Waals surface area contributed by atoms with Gasteiger partial charge in [-0.3, -0.25) is 0 Å². The Morgan fingerprint density at radius 2 is 1.89 bits per heavy atom. The van der Waals surface area contributed by atoms with Gasteiger partial charge in [-0.1, -0.05) is 0 Å². The Balaban J connectivity index is 1.80. The molecule has 1 aliphatic heterocycles. The highest BCUT2D eigenvalue weighted by molar-refractivity contribution is 4.75. The van der Waals surface area contributed by atoms with E-state index in [2.05, 4.69) is 12.2 Å². The average molecular weight is 261 g/mol. The lowest BCUT2D eigenvalue weighted by molar-refractivity contribution is 0.0250. The minimum Gasteiger partial charge on any atom is -0.382 e. The van der Waals surface area contributed by atoms with Gasteiger partial charge in [0.05, 0.1) is 39.6 Å². The molecule has 1 heterocycles. The summed E-state index contributed by atoms with van der Waals surface area (Å²) in [5.41, 5.74) is 0. The number of rotatable bonds is 11. The lowest BCUT2D eigenvalue weighted by atomic mass is 10.0. The van der Waals surface area contributed by atoms with E-state index in [1.54, 1.807) is 7.11 Å². The maximum Gasteiger partial charge on any atom is 0.0701 e. The van der Waals surface area contributed by atoms with Gasteiger partial charge >= 0.3 is 0 Å². The monoisotopic (exact) mass is 261 g/mol. The first-order valence-corrected chi connectivity index (χ1v) is 6.80. The molecule has 0 aliphatic carbocycles. The van der Waals surface area contributed by atoms with Crippen LogP contribution in [-0.2, 0) is 18.9 Å². The van der Waals surface area contributed by atoms with Crippen molar-refractivity contribution < 1.29 is 18.9 Å². The number of hydrogen-bond donors (Lipinski definition) is 1. The Kier molecular flexibility index (Phi) is 9.42. The van der Waals surface area contributed by atoms with Crippen LogP contribution in [0.3, 0.4) is 0 Å². The summed E-state index contributed by atoms with van der Waals surface area (Å²) in [5, 5.41) is 3.47. The number of nitrogens with one attached hydrogen (secondary N) is 1. The van der Waals surface area contributed by atoms with Gasteiger partial charge in [-0.2, -0.15) is 0 Å². The van der Waals surface area contributed by atoms with E-state index in [4.69, 9.17) is 18.9 Å². The smallest absolute Gasteiger partial charge is 0.0701 e. The third-order valence-corrected chi connectivity index (χ3v) is 3.19. The van der Waals surface area contributed by atoms with E-state index in [0.717, 1.165) is 26.4 Å². The van der Waals surface area contributed by atoms with Gasteiger partial charge in [-0.15, -0.1) is 0 Å². The molecule has 1 N–H and O–H groups in total. The third kappa shape index (κ3) is 7.28. The molecule has 1 saturated heterocycles. The predicted molar refractivity (Wildman–Crippen MR) is 69.9 cm³/mol. The van der Waals surface area contributed by atoms with Crippen LogP contribution in [0.2, 0.25) is 0 Å². The zero-order valence-corrected chi connectivity index (χ0v) is 11.7. The SMILES string of the molecule is COCCOCCOCCNC(C)C1CCOC1. The third-order valence-electron chi connectivity index (χ3n) is 3.19. The van der Waals surface area contributed by atoms with Gasteiger partial charge in [-0.25, -0.2) is 0 Å². The predicted octanol–water partition coefficient (Wildman–Crippen LogP) is 0.681. The topological polar surface area (TPSA) is 49.0 Å². The van der Waals surface area contributed by atoms with Gasteiger partial charge < -0.3 is 24.3 Å². The van der Waals surface area contributed by atoms with Crippen molar-refractivity contribution in [2.45, 2.75) is 19.4 Å². The Hall–Kier alpha value is -0.200. The molecule has 108 valence electrons. The molecule has 18 heavy (non-hydrogen) atoms. The van der Waals surface area contributed by atoms with Crippen LogP contribution >= 0.6 is 0 Å². The van der Waals surface area contributed by atoms with Crippen molar-refractivity contribution in [1.82, 2.24) is 5.32 Å². The van der Waals surface area contributed by atoms with Gasteiger partial charge in [0.1, 0.15) is 0 Å². The van der Waals surface area contributed by atoms with Crippen LogP contribution in [0, 0.1) is 5.92 Å². The molecule has 0 amide bonds. The second kappa shape index (κ2) is 10.7. The minimum atomic E-state index is 0.508. The molecule has 2 unspecified atom stereocenters. The summed E-state index contributed by atoms with van der Waals surface area (Å²) in [6.45, 7) is 8.18. The van der Waals surface area contributed by atoms with Crippen LogP contribution in [-0.4, -0.2) is 65.9 Å². The standard InChI is InChI=1S/C13H27NO4/c1-12(13-3-5-18-11-13)14-4-6-16-9-10-17-8-7-15-2/h12-14H,3-11H2,1-2H3. The summed E-state index contributed by atoms with van der Waals surface area (Å²) in [4.78, 5) is 0. The average Bonchev–Trinajstić information content (AvgIpc) is 2.90. The van der Waals surface area contributed by atoms with E-state index in [0.29, 0.717) is 38.4 Å². The quantitative estimate of drug-likeness (QED) is 0.554. The summed E-state index contributed by atoms with van der Waals surface area (Å²) < 4.78 is 21.0. The summed E-state index contributed by atoms with van der Waals surface area (Å²) in [5.74, 6) is 0.655. The van der Waals surface area contributed by atoms with Gasteiger partial charge in [0.2, 0.25) is 0 Å². The second-order valence-electron chi connectivity index (χ2n) is 4.58. The first-order chi connectivity index (χ1) is 8.84. The zero-order chi connectivity index (χ0) is 13.1. The van der Waals surface area contributed by atoms with Crippen LogP contribution in [0.1, 0.15) is 13.3 Å². The van der Waals surface area contributed by atoms with Crippen molar-refractivity contribution in [3.63, 3.8) is 0 Å². The molecule has 0 aromatic rings. The van der Waals surface area contributed by atoms with Crippen LogP contribution in [0.5, 0.6) is 0 Å². The molecular formula is C13H27NO4. The van der Waals surface area contributed by atoms with Crippen LogP contribution in [0.15, 0.2) is 0 Å². The van der Waals surface area contributed by atoms with E-state index in [9.17, 15) is 0 Å². The Bertz CT molecular complexity index is 186. The van der Waals surface area contributed by atoms with Crippen molar-refractivity contribution in [2.75, 3.05) is 59.9 Å². The maximum absolute atomic E-state index is 5.47. The molecule has 0 bridgehead atoms. The summed E-state index contributed by atoms with van der Waals surface area (Å²) in [6.07, 6.45) is 1.17. The van der Waals surface area contributed by atoms with Gasteiger partial charge in [0, 0.05) is 26.3 Å². The largest absolute Gasteiger partial charge is 0.382 e. The Labute approximate surface area is 110 Å².